The van der Waals surface area contributed by atoms with Crippen LogP contribution in [0.3, 0.4) is 0 Å². The quantitative estimate of drug-likeness (QED) is 0.360. The Morgan fingerprint density at radius 2 is 2.06 bits per heavy atom. The van der Waals surface area contributed by atoms with Gasteiger partial charge >= 0.3 is 0 Å². The van der Waals surface area contributed by atoms with Crippen LogP contribution < -0.4 is 11.2 Å². The van der Waals surface area contributed by atoms with Crippen molar-refractivity contribution in [3.05, 3.63) is 0 Å². The average molecular weight is 242 g/mol. The van der Waals surface area contributed by atoms with Gasteiger partial charge in [0.2, 0.25) is 0 Å². The zero-order valence-corrected chi connectivity index (χ0v) is 10.9. The van der Waals surface area contributed by atoms with Gasteiger partial charge in [-0.2, -0.15) is 0 Å². The van der Waals surface area contributed by atoms with E-state index in [0.717, 1.165) is 6.42 Å². The Morgan fingerprint density at radius 1 is 1.50 bits per heavy atom. The highest BCUT2D eigenvalue weighted by molar-refractivity contribution is 7.80. The maximum absolute atomic E-state index is 11.9. The molecule has 90 valence electrons. The highest BCUT2D eigenvalue weighted by Crippen LogP contribution is 2.39. The van der Waals surface area contributed by atoms with Crippen LogP contribution in [0.2, 0.25) is 0 Å². The van der Waals surface area contributed by atoms with E-state index in [0.29, 0.717) is 5.11 Å². The van der Waals surface area contributed by atoms with Crippen molar-refractivity contribution >= 4 is 23.2 Å². The van der Waals surface area contributed by atoms with Gasteiger partial charge in [-0.05, 0) is 39.9 Å². The Hall–Kier alpha value is -0.880. The Bertz CT molecular complexity index is 370. The third-order valence-corrected chi connectivity index (χ3v) is 3.76. The molecule has 0 aromatic heterocycles. The molecule has 2 heterocycles. The van der Waals surface area contributed by atoms with Gasteiger partial charge in [0.15, 0.2) is 5.11 Å². The summed E-state index contributed by atoms with van der Waals surface area (Å²) >= 11 is 5.33. The zero-order chi connectivity index (χ0) is 12.3. The lowest BCUT2D eigenvalue weighted by molar-refractivity contribution is -0.132. The van der Waals surface area contributed by atoms with Gasteiger partial charge in [0, 0.05) is 12.0 Å². The highest BCUT2D eigenvalue weighted by atomic mass is 32.1. The summed E-state index contributed by atoms with van der Waals surface area (Å²) in [6.45, 7) is 7.91. The molecule has 3 N–H and O–H groups in total. The van der Waals surface area contributed by atoms with Gasteiger partial charge in [0.25, 0.3) is 5.91 Å². The number of thiocarbonyl (C=S) groups is 1. The summed E-state index contributed by atoms with van der Waals surface area (Å²) in [5.41, 5.74) is -0.660. The van der Waals surface area contributed by atoms with Crippen molar-refractivity contribution in [2.24, 2.45) is 5.84 Å². The van der Waals surface area contributed by atoms with Gasteiger partial charge in [0.05, 0.1) is 0 Å². The van der Waals surface area contributed by atoms with Gasteiger partial charge < -0.3 is 10.2 Å². The van der Waals surface area contributed by atoms with Crippen LogP contribution in [0.15, 0.2) is 0 Å². The molecule has 0 radical (unpaired) electrons. The molecule has 0 bridgehead atoms. The molecule has 2 atom stereocenters. The van der Waals surface area contributed by atoms with E-state index in [1.807, 2.05) is 18.7 Å². The summed E-state index contributed by atoms with van der Waals surface area (Å²) in [5, 5.41) is 5.18. The van der Waals surface area contributed by atoms with Crippen LogP contribution >= 0.6 is 12.2 Å². The molecule has 2 aliphatic rings. The van der Waals surface area contributed by atoms with Crippen LogP contribution in [0.25, 0.3) is 0 Å². The molecule has 2 aliphatic heterocycles. The van der Waals surface area contributed by atoms with Crippen molar-refractivity contribution in [2.75, 3.05) is 0 Å². The molecule has 6 heteroatoms. The third-order valence-electron chi connectivity index (χ3n) is 3.46. The van der Waals surface area contributed by atoms with E-state index >= 15 is 0 Å². The molecule has 0 spiro atoms. The zero-order valence-electron chi connectivity index (χ0n) is 10.1. The van der Waals surface area contributed by atoms with Crippen LogP contribution in [0.1, 0.15) is 34.1 Å². The Balaban J connectivity index is 2.46. The predicted octanol–water partition coefficient (Wildman–Crippen LogP) is 0.166. The molecular formula is C10H18N4OS. The second-order valence-electron chi connectivity index (χ2n) is 5.46. The molecular weight excluding hydrogens is 224 g/mol. The van der Waals surface area contributed by atoms with E-state index < -0.39 is 5.66 Å². The molecule has 0 aromatic rings. The van der Waals surface area contributed by atoms with E-state index in [4.69, 9.17) is 18.1 Å². The molecule has 0 aromatic carbocycles. The minimum atomic E-state index is -0.512. The topological polar surface area (TPSA) is 61.6 Å². The van der Waals surface area contributed by atoms with Gasteiger partial charge in [-0.3, -0.25) is 9.80 Å². The Kier molecular flexibility index (Phi) is 2.23. The lowest BCUT2D eigenvalue weighted by Crippen LogP contribution is -2.69. The van der Waals surface area contributed by atoms with E-state index in [-0.39, 0.29) is 17.5 Å². The molecule has 5 nitrogen and oxygen atoms in total. The lowest BCUT2D eigenvalue weighted by atomic mass is 9.88. The predicted molar refractivity (Wildman–Crippen MR) is 65.2 cm³/mol. The SMILES string of the molecule is C[C@H]1C(=O)N(N)[C@]2(C)CC(C)(C)NC(=S)N12. The number of nitrogens with one attached hydrogen (secondary N) is 1. The number of carbonyl (C=O) groups excluding carboxylic acids is 1. The number of carbonyl (C=O) groups is 1. The number of fused-ring (bicyclic) bond motifs is 1. The monoisotopic (exact) mass is 242 g/mol. The summed E-state index contributed by atoms with van der Waals surface area (Å²) in [6, 6.07) is -0.286. The maximum Gasteiger partial charge on any atom is 0.261 e. The van der Waals surface area contributed by atoms with Crippen LogP contribution in [0, 0.1) is 0 Å². The molecule has 0 saturated carbocycles. The summed E-state index contributed by atoms with van der Waals surface area (Å²) < 4.78 is 0. The summed E-state index contributed by atoms with van der Waals surface area (Å²) in [5.74, 6) is 5.82. The molecule has 0 aliphatic carbocycles. The third kappa shape index (κ3) is 1.33. The minimum absolute atomic E-state index is 0.0793. The number of hydrazine groups is 1. The fourth-order valence-electron chi connectivity index (χ4n) is 2.88. The second kappa shape index (κ2) is 3.07. The van der Waals surface area contributed by atoms with Crippen molar-refractivity contribution in [3.63, 3.8) is 0 Å². The first kappa shape index (κ1) is 11.6. The van der Waals surface area contributed by atoms with Gasteiger partial charge in [0.1, 0.15) is 11.7 Å². The fourth-order valence-corrected chi connectivity index (χ4v) is 3.51. The van der Waals surface area contributed by atoms with E-state index in [1.54, 1.807) is 0 Å². The van der Waals surface area contributed by atoms with E-state index in [1.165, 1.54) is 5.01 Å². The van der Waals surface area contributed by atoms with Gasteiger partial charge in [-0.1, -0.05) is 0 Å². The first-order valence-corrected chi connectivity index (χ1v) is 5.80. The number of nitrogens with two attached hydrogens (primary N) is 1. The van der Waals surface area contributed by atoms with Gasteiger partial charge in [-0.15, -0.1) is 0 Å². The molecule has 2 rings (SSSR count). The number of rotatable bonds is 0. The largest absolute Gasteiger partial charge is 0.357 e. The lowest BCUT2D eigenvalue weighted by Gasteiger charge is -2.50. The van der Waals surface area contributed by atoms with Crippen molar-refractivity contribution in [1.82, 2.24) is 15.2 Å². The standard InChI is InChI=1S/C10H18N4OS/c1-6-7(15)14(11)10(4)5-9(2,3)12-8(16)13(6)10/h6H,5,11H2,1-4H3,(H,12,16)/t6-,10+/m0/s1. The number of amides is 1. The average Bonchev–Trinajstić information content (AvgIpc) is 2.25. The minimum Gasteiger partial charge on any atom is -0.357 e. The van der Waals surface area contributed by atoms with Crippen molar-refractivity contribution in [2.45, 2.75) is 51.4 Å². The van der Waals surface area contributed by atoms with Crippen molar-refractivity contribution in [1.29, 1.82) is 0 Å². The number of hydrogen-bond acceptors (Lipinski definition) is 3. The fraction of sp³-hybridized carbons (Fsp3) is 0.800. The Labute approximate surface area is 101 Å². The van der Waals surface area contributed by atoms with E-state index in [2.05, 4.69) is 19.2 Å². The van der Waals surface area contributed by atoms with Crippen molar-refractivity contribution in [3.8, 4) is 0 Å². The highest BCUT2D eigenvalue weighted by Gasteiger charge is 2.57. The first-order valence-electron chi connectivity index (χ1n) is 5.39. The van der Waals surface area contributed by atoms with E-state index in [9.17, 15) is 4.79 Å². The maximum atomic E-state index is 11.9. The normalized spacial score (nSPS) is 37.4. The summed E-state index contributed by atoms with van der Waals surface area (Å²) in [7, 11) is 0. The van der Waals surface area contributed by atoms with Crippen LogP contribution in [-0.2, 0) is 4.79 Å². The molecule has 0 unspecified atom stereocenters. The van der Waals surface area contributed by atoms with Gasteiger partial charge in [-0.25, -0.2) is 5.84 Å². The Morgan fingerprint density at radius 3 is 2.62 bits per heavy atom. The van der Waals surface area contributed by atoms with Crippen LogP contribution in [0.4, 0.5) is 0 Å². The first-order chi connectivity index (χ1) is 7.19. The molecule has 1 amide bonds. The van der Waals surface area contributed by atoms with Crippen molar-refractivity contribution < 1.29 is 4.79 Å². The molecule has 16 heavy (non-hydrogen) atoms. The smallest absolute Gasteiger partial charge is 0.261 e. The van der Waals surface area contributed by atoms with Crippen LogP contribution in [0.5, 0.6) is 0 Å². The molecule has 2 saturated heterocycles. The number of nitrogens with zero attached hydrogens (tertiary/aromatic N) is 2. The number of hydrogen-bond donors (Lipinski definition) is 2. The van der Waals surface area contributed by atoms with Crippen LogP contribution in [-0.4, -0.2) is 38.2 Å². The summed E-state index contributed by atoms with van der Waals surface area (Å²) in [6.07, 6.45) is 0.743. The second-order valence-corrected chi connectivity index (χ2v) is 5.85. The summed E-state index contributed by atoms with van der Waals surface area (Å²) in [4.78, 5) is 13.8. The molecule has 2 fully saturated rings.